The van der Waals surface area contributed by atoms with Crippen LogP contribution < -0.4 is 15.4 Å². The van der Waals surface area contributed by atoms with Gasteiger partial charge in [0.15, 0.2) is 0 Å². The van der Waals surface area contributed by atoms with Gasteiger partial charge >= 0.3 is 6.18 Å². The van der Waals surface area contributed by atoms with Gasteiger partial charge in [0.1, 0.15) is 12.4 Å². The van der Waals surface area contributed by atoms with Crippen molar-refractivity contribution in [3.63, 3.8) is 0 Å². The van der Waals surface area contributed by atoms with E-state index in [0.29, 0.717) is 24.2 Å². The zero-order valence-corrected chi connectivity index (χ0v) is 15.4. The van der Waals surface area contributed by atoms with Crippen LogP contribution in [-0.2, 0) is 22.2 Å². The first-order valence-electron chi connectivity index (χ1n) is 9.00. The summed E-state index contributed by atoms with van der Waals surface area (Å²) in [5.74, 6) is 0.273. The monoisotopic (exact) mass is 404 g/mol. The SMILES string of the molecule is O=C(/C=C/c1ccc(C(F)(F)F)cc1)NCCOc1ccc2c(c1)CCC(=O)N2. The fourth-order valence-corrected chi connectivity index (χ4v) is 2.81. The summed E-state index contributed by atoms with van der Waals surface area (Å²) in [6.45, 7) is 0.523. The Hall–Kier alpha value is -3.29. The molecule has 152 valence electrons. The summed E-state index contributed by atoms with van der Waals surface area (Å²) in [6.07, 6.45) is -0.592. The lowest BCUT2D eigenvalue weighted by molar-refractivity contribution is -0.137. The molecule has 0 aliphatic carbocycles. The van der Waals surface area contributed by atoms with E-state index in [9.17, 15) is 22.8 Å². The summed E-state index contributed by atoms with van der Waals surface area (Å²) >= 11 is 0. The van der Waals surface area contributed by atoms with Crippen molar-refractivity contribution < 1.29 is 27.5 Å². The minimum atomic E-state index is -4.38. The number of fused-ring (bicyclic) bond motifs is 1. The molecule has 0 aromatic heterocycles. The van der Waals surface area contributed by atoms with Crippen LogP contribution >= 0.6 is 0 Å². The molecule has 5 nitrogen and oxygen atoms in total. The van der Waals surface area contributed by atoms with E-state index < -0.39 is 11.7 Å². The van der Waals surface area contributed by atoms with Gasteiger partial charge in [-0.05, 0) is 54.0 Å². The largest absolute Gasteiger partial charge is 0.492 e. The van der Waals surface area contributed by atoms with Gasteiger partial charge in [-0.3, -0.25) is 9.59 Å². The van der Waals surface area contributed by atoms with Crippen molar-refractivity contribution in [1.82, 2.24) is 5.32 Å². The van der Waals surface area contributed by atoms with Crippen LogP contribution in [0.1, 0.15) is 23.1 Å². The maximum atomic E-state index is 12.5. The van der Waals surface area contributed by atoms with Gasteiger partial charge in [-0.25, -0.2) is 0 Å². The van der Waals surface area contributed by atoms with E-state index in [1.165, 1.54) is 24.3 Å². The number of halogens is 3. The summed E-state index contributed by atoms with van der Waals surface area (Å²) in [5, 5.41) is 5.43. The van der Waals surface area contributed by atoms with E-state index in [0.717, 1.165) is 23.4 Å². The first kappa shape index (κ1) is 20.4. The second kappa shape index (κ2) is 8.81. The van der Waals surface area contributed by atoms with Crippen molar-refractivity contribution in [1.29, 1.82) is 0 Å². The number of ether oxygens (including phenoxy) is 1. The number of alkyl halides is 3. The molecule has 0 radical (unpaired) electrons. The quantitative estimate of drug-likeness (QED) is 0.569. The number of amides is 2. The number of hydrogen-bond donors (Lipinski definition) is 2. The third-order valence-electron chi connectivity index (χ3n) is 4.31. The summed E-state index contributed by atoms with van der Waals surface area (Å²) in [6, 6.07) is 9.93. The molecule has 2 N–H and O–H groups in total. The maximum Gasteiger partial charge on any atom is 0.416 e. The Morgan fingerprint density at radius 2 is 1.90 bits per heavy atom. The highest BCUT2D eigenvalue weighted by Crippen LogP contribution is 2.29. The summed E-state index contributed by atoms with van der Waals surface area (Å²) < 4.78 is 43.2. The Labute approximate surface area is 165 Å². The molecule has 1 aliphatic heterocycles. The number of carbonyl (C=O) groups excluding carboxylic acids is 2. The van der Waals surface area contributed by atoms with Crippen LogP contribution in [0.15, 0.2) is 48.5 Å². The molecule has 1 aliphatic rings. The lowest BCUT2D eigenvalue weighted by Crippen LogP contribution is -2.26. The molecule has 0 fully saturated rings. The average molecular weight is 404 g/mol. The van der Waals surface area contributed by atoms with Gasteiger partial charge in [0.2, 0.25) is 11.8 Å². The minimum Gasteiger partial charge on any atom is -0.492 e. The Morgan fingerprint density at radius 3 is 2.62 bits per heavy atom. The predicted molar refractivity (Wildman–Crippen MR) is 102 cm³/mol. The molecule has 1 heterocycles. The molecule has 3 rings (SSSR count). The fourth-order valence-electron chi connectivity index (χ4n) is 2.81. The second-order valence-electron chi connectivity index (χ2n) is 6.46. The third kappa shape index (κ3) is 5.84. The molecule has 0 unspecified atom stereocenters. The summed E-state index contributed by atoms with van der Waals surface area (Å²) in [5.41, 5.74) is 1.55. The Kier molecular flexibility index (Phi) is 6.21. The van der Waals surface area contributed by atoms with Gasteiger partial charge in [-0.1, -0.05) is 12.1 Å². The van der Waals surface area contributed by atoms with Crippen molar-refractivity contribution >= 4 is 23.6 Å². The number of anilines is 1. The number of carbonyl (C=O) groups is 2. The van der Waals surface area contributed by atoms with Crippen LogP contribution in [0.3, 0.4) is 0 Å². The molecule has 0 atom stereocenters. The highest BCUT2D eigenvalue weighted by molar-refractivity contribution is 5.94. The maximum absolute atomic E-state index is 12.5. The molecule has 2 aromatic rings. The number of aryl methyl sites for hydroxylation is 1. The van der Waals surface area contributed by atoms with Crippen LogP contribution in [0.4, 0.5) is 18.9 Å². The molecule has 2 amide bonds. The molecule has 0 saturated heterocycles. The summed E-state index contributed by atoms with van der Waals surface area (Å²) in [7, 11) is 0. The number of benzene rings is 2. The lowest BCUT2D eigenvalue weighted by Gasteiger charge is -2.17. The van der Waals surface area contributed by atoms with E-state index in [1.807, 2.05) is 6.07 Å². The fraction of sp³-hybridized carbons (Fsp3) is 0.238. The van der Waals surface area contributed by atoms with Crippen molar-refractivity contribution in [3.05, 3.63) is 65.2 Å². The number of nitrogens with one attached hydrogen (secondary N) is 2. The minimum absolute atomic E-state index is 0.00164. The number of rotatable bonds is 6. The Balaban J connectivity index is 1.42. The number of hydrogen-bond acceptors (Lipinski definition) is 3. The Bertz CT molecular complexity index is 922. The zero-order chi connectivity index (χ0) is 20.9. The van der Waals surface area contributed by atoms with E-state index in [-0.39, 0.29) is 25.0 Å². The van der Waals surface area contributed by atoms with Gasteiger partial charge in [0.25, 0.3) is 0 Å². The Morgan fingerprint density at radius 1 is 1.14 bits per heavy atom. The third-order valence-corrected chi connectivity index (χ3v) is 4.31. The summed E-state index contributed by atoms with van der Waals surface area (Å²) in [4.78, 5) is 23.2. The molecule has 0 spiro atoms. The highest BCUT2D eigenvalue weighted by atomic mass is 19.4. The highest BCUT2D eigenvalue weighted by Gasteiger charge is 2.29. The second-order valence-corrected chi connectivity index (χ2v) is 6.46. The van der Waals surface area contributed by atoms with Gasteiger partial charge in [0, 0.05) is 18.2 Å². The van der Waals surface area contributed by atoms with Crippen molar-refractivity contribution in [3.8, 4) is 5.75 Å². The van der Waals surface area contributed by atoms with Gasteiger partial charge in [-0.15, -0.1) is 0 Å². The van der Waals surface area contributed by atoms with Crippen molar-refractivity contribution in [2.75, 3.05) is 18.5 Å². The normalized spacial score (nSPS) is 13.7. The smallest absolute Gasteiger partial charge is 0.416 e. The van der Waals surface area contributed by atoms with Crippen molar-refractivity contribution in [2.45, 2.75) is 19.0 Å². The van der Waals surface area contributed by atoms with Crippen LogP contribution in [-0.4, -0.2) is 25.0 Å². The molecule has 29 heavy (non-hydrogen) atoms. The molecule has 2 aromatic carbocycles. The lowest BCUT2D eigenvalue weighted by atomic mass is 10.0. The van der Waals surface area contributed by atoms with E-state index in [4.69, 9.17) is 4.74 Å². The van der Waals surface area contributed by atoms with E-state index in [2.05, 4.69) is 10.6 Å². The predicted octanol–water partition coefficient (Wildman–Crippen LogP) is 3.80. The first-order chi connectivity index (χ1) is 13.8. The van der Waals surface area contributed by atoms with Crippen LogP contribution in [0.5, 0.6) is 5.75 Å². The molecule has 8 heteroatoms. The van der Waals surface area contributed by atoms with Crippen LogP contribution in [0.25, 0.3) is 6.08 Å². The molecule has 0 saturated carbocycles. The van der Waals surface area contributed by atoms with Gasteiger partial charge in [-0.2, -0.15) is 13.2 Å². The molecular weight excluding hydrogens is 385 g/mol. The topological polar surface area (TPSA) is 67.4 Å². The van der Waals surface area contributed by atoms with Gasteiger partial charge < -0.3 is 15.4 Å². The molecule has 0 bridgehead atoms. The van der Waals surface area contributed by atoms with Crippen molar-refractivity contribution in [2.24, 2.45) is 0 Å². The van der Waals surface area contributed by atoms with Crippen LogP contribution in [0.2, 0.25) is 0 Å². The van der Waals surface area contributed by atoms with Crippen LogP contribution in [0, 0.1) is 0 Å². The first-order valence-corrected chi connectivity index (χ1v) is 9.00. The average Bonchev–Trinajstić information content (AvgIpc) is 2.69. The van der Waals surface area contributed by atoms with E-state index in [1.54, 1.807) is 12.1 Å². The zero-order valence-electron chi connectivity index (χ0n) is 15.4. The standard InChI is InChI=1S/C21H19F3N2O3/c22-21(23,24)16-5-1-14(2-6-16)3-9-19(27)25-11-12-29-17-7-8-18-15(13-17)4-10-20(28)26-18/h1-3,5-9,13H,4,10-12H2,(H,25,27)(H,26,28)/b9-3+. The molecular formula is C21H19F3N2O3. The van der Waals surface area contributed by atoms with Gasteiger partial charge in [0.05, 0.1) is 12.1 Å². The van der Waals surface area contributed by atoms with E-state index >= 15 is 0 Å².